The van der Waals surface area contributed by atoms with Crippen LogP contribution in [0.5, 0.6) is 5.75 Å². The van der Waals surface area contributed by atoms with Crippen molar-refractivity contribution in [1.29, 1.82) is 5.39 Å². The van der Waals surface area contributed by atoms with Gasteiger partial charge in [-0.3, -0.25) is 0 Å². The Hall–Kier alpha value is -1.62. The number of hydrogen-bond acceptors (Lipinski definition) is 3. The summed E-state index contributed by atoms with van der Waals surface area (Å²) in [5.74, 6) is 0.620. The minimum absolute atomic E-state index is 0.470. The van der Waals surface area contributed by atoms with Crippen LogP contribution in [0.4, 0.5) is 32.2 Å². The summed E-state index contributed by atoms with van der Waals surface area (Å²) in [5, 5.41) is 8.82. The Labute approximate surface area is 131 Å². The van der Waals surface area contributed by atoms with Gasteiger partial charge in [0.1, 0.15) is 0 Å². The molecular formula is C12H18AsF6N3O. The molecule has 23 heavy (non-hydrogen) atoms. The molecule has 0 aliphatic heterocycles. The maximum atomic E-state index is 9.91. The van der Waals surface area contributed by atoms with Gasteiger partial charge in [-0.15, -0.1) is 0 Å². The Balaban J connectivity index is 0.000000585. The Morgan fingerprint density at radius 2 is 1.52 bits per heavy atom. The summed E-state index contributed by atoms with van der Waals surface area (Å²) in [6, 6.07) is 5.61. The van der Waals surface area contributed by atoms with Crippen molar-refractivity contribution >= 4 is 25.5 Å². The third-order valence-corrected chi connectivity index (χ3v) is 2.48. The molecule has 1 aromatic rings. The van der Waals surface area contributed by atoms with Crippen molar-refractivity contribution < 1.29 is 25.5 Å². The molecule has 4 nitrogen and oxygen atoms in total. The fraction of sp³-hybridized carbons (Fsp3) is 0.500. The van der Waals surface area contributed by atoms with E-state index >= 15 is 0 Å². The molecule has 0 saturated heterocycles. The van der Waals surface area contributed by atoms with Gasteiger partial charge in [0.15, 0.2) is 4.98 Å². The first-order valence-corrected chi connectivity index (χ1v) is 10.9. The first-order chi connectivity index (χ1) is 10.2. The van der Waals surface area contributed by atoms with Crippen molar-refractivity contribution in [3.05, 3.63) is 23.2 Å². The van der Waals surface area contributed by atoms with Crippen LogP contribution in [-0.2, 0) is 0 Å². The van der Waals surface area contributed by atoms with E-state index in [0.717, 1.165) is 18.8 Å². The zero-order chi connectivity index (χ0) is 18.4. The van der Waals surface area contributed by atoms with Crippen LogP contribution in [0.2, 0.25) is 0 Å². The maximum absolute atomic E-state index is 11.1. The van der Waals surface area contributed by atoms with Gasteiger partial charge in [0, 0.05) is 30.9 Å². The Bertz CT molecular complexity index is 554. The fourth-order valence-corrected chi connectivity index (χ4v) is 1.64. The number of benzene rings is 1. The standard InChI is InChI=1S/C12H18N3O.AsF6/c1-4-15(5-2)10-7-8-11(14-13)12(9-10)16-6-3;2-1(3,4,5,6)7/h7-9H,4-6H2,1-3H3;/q+1;-1. The van der Waals surface area contributed by atoms with E-state index in [1.54, 1.807) is 6.07 Å². The predicted octanol–water partition coefficient (Wildman–Crippen LogP) is 5.56. The number of hydrogen-bond donors (Lipinski definition) is 0. The predicted molar refractivity (Wildman–Crippen MR) is 78.3 cm³/mol. The quantitative estimate of drug-likeness (QED) is 0.364. The van der Waals surface area contributed by atoms with Gasteiger partial charge in [0.05, 0.1) is 6.61 Å². The molecule has 0 heterocycles. The molecule has 0 fully saturated rings. The number of rotatable bonds is 5. The second-order valence-corrected chi connectivity index (χ2v) is 8.34. The van der Waals surface area contributed by atoms with Crippen LogP contribution >= 0.6 is 0 Å². The van der Waals surface area contributed by atoms with E-state index in [2.05, 4.69) is 23.7 Å². The van der Waals surface area contributed by atoms with Crippen molar-refractivity contribution in [1.82, 2.24) is 0 Å². The Kier molecular flexibility index (Phi) is 6.38. The van der Waals surface area contributed by atoms with Crippen molar-refractivity contribution in [2.24, 2.45) is 0 Å². The van der Waals surface area contributed by atoms with Crippen LogP contribution in [-0.4, -0.2) is 33.9 Å². The Morgan fingerprint density at radius 1 is 1.04 bits per heavy atom. The van der Waals surface area contributed by atoms with Gasteiger partial charge in [-0.25, -0.2) is 0 Å². The van der Waals surface area contributed by atoms with Crippen molar-refractivity contribution in [2.45, 2.75) is 20.8 Å². The first kappa shape index (κ1) is 21.4. The van der Waals surface area contributed by atoms with Gasteiger partial charge in [0.25, 0.3) is 0 Å². The summed E-state index contributed by atoms with van der Waals surface area (Å²) in [6.07, 6.45) is 0. The molecule has 0 aliphatic carbocycles. The molecule has 0 spiro atoms. The van der Waals surface area contributed by atoms with Crippen molar-refractivity contribution in [3.8, 4) is 5.75 Å². The van der Waals surface area contributed by atoms with E-state index in [0.29, 0.717) is 18.0 Å². The van der Waals surface area contributed by atoms with Gasteiger partial charge in [-0.2, -0.15) is 0 Å². The van der Waals surface area contributed by atoms with Crippen LogP contribution in [0.25, 0.3) is 4.98 Å². The molecule has 1 aromatic carbocycles. The van der Waals surface area contributed by atoms with Crippen LogP contribution in [0, 0.1) is 5.39 Å². The molecule has 0 bridgehead atoms. The third-order valence-electron chi connectivity index (χ3n) is 2.48. The van der Waals surface area contributed by atoms with Gasteiger partial charge in [-0.05, 0) is 26.8 Å². The molecule has 0 N–H and O–H groups in total. The second kappa shape index (κ2) is 6.87. The normalized spacial score (nSPS) is 13.7. The van der Waals surface area contributed by atoms with Crippen LogP contribution in [0.3, 0.4) is 0 Å². The van der Waals surface area contributed by atoms with Crippen LogP contribution < -0.4 is 9.64 Å². The van der Waals surface area contributed by atoms with Crippen LogP contribution in [0.15, 0.2) is 18.2 Å². The zero-order valence-corrected chi connectivity index (χ0v) is 14.7. The molecular weight excluding hydrogens is 391 g/mol. The molecule has 0 amide bonds. The monoisotopic (exact) mass is 409 g/mol. The molecule has 0 radical (unpaired) electrons. The zero-order valence-electron chi connectivity index (χ0n) is 12.8. The average Bonchev–Trinajstić information content (AvgIpc) is 2.37. The molecule has 0 atom stereocenters. The number of diazo groups is 1. The number of anilines is 1. The van der Waals surface area contributed by atoms with Gasteiger partial charge in [0.2, 0.25) is 11.1 Å². The number of nitrogens with zero attached hydrogens (tertiary/aromatic N) is 3. The molecule has 0 unspecified atom stereocenters. The Morgan fingerprint density at radius 3 is 1.87 bits per heavy atom. The van der Waals surface area contributed by atoms with E-state index in [1.165, 1.54) is 0 Å². The summed E-state index contributed by atoms with van der Waals surface area (Å²) in [4.78, 5) is 5.41. The van der Waals surface area contributed by atoms with Gasteiger partial charge in [-0.1, -0.05) is 0 Å². The molecule has 0 aliphatic rings. The van der Waals surface area contributed by atoms with E-state index in [-0.39, 0.29) is 0 Å². The van der Waals surface area contributed by atoms with Crippen molar-refractivity contribution in [2.75, 3.05) is 24.6 Å². The van der Waals surface area contributed by atoms with E-state index in [9.17, 15) is 20.8 Å². The summed E-state index contributed by atoms with van der Waals surface area (Å²) in [6.45, 7) is 8.56. The third kappa shape index (κ3) is 11.6. The number of ether oxygens (including phenoxy) is 1. The second-order valence-electron chi connectivity index (χ2n) is 4.32. The molecule has 134 valence electrons. The molecule has 11 heteroatoms. The summed E-state index contributed by atoms with van der Waals surface area (Å²) < 4.78 is 64.9. The van der Waals surface area contributed by atoms with E-state index in [4.69, 9.17) is 10.1 Å². The SMILES string of the molecule is CCOc1cc(N(CC)CC)ccc1[N+]#N.F[As-](F)(F)(F)(F)F. The van der Waals surface area contributed by atoms with Gasteiger partial charge < -0.3 is 9.64 Å². The minimum atomic E-state index is -11.1. The van der Waals surface area contributed by atoms with E-state index < -0.39 is 14.2 Å². The van der Waals surface area contributed by atoms with Crippen LogP contribution in [0.1, 0.15) is 20.8 Å². The molecule has 0 aromatic heterocycles. The average molecular weight is 409 g/mol. The topological polar surface area (TPSA) is 40.6 Å². The number of halogens is 6. The summed E-state index contributed by atoms with van der Waals surface area (Å²) in [5.41, 5.74) is 1.55. The van der Waals surface area contributed by atoms with E-state index in [1.807, 2.05) is 19.1 Å². The van der Waals surface area contributed by atoms with Gasteiger partial charge >= 0.3 is 40.7 Å². The van der Waals surface area contributed by atoms with Crippen molar-refractivity contribution in [3.63, 3.8) is 0 Å². The molecule has 0 saturated carbocycles. The summed E-state index contributed by atoms with van der Waals surface area (Å²) in [7, 11) is 0. The summed E-state index contributed by atoms with van der Waals surface area (Å²) >= 11 is -11.1. The fourth-order valence-electron chi connectivity index (χ4n) is 1.64. The molecule has 1 rings (SSSR count). The first-order valence-electron chi connectivity index (χ1n) is 6.65.